The molecule has 1 unspecified atom stereocenters. The van der Waals surface area contributed by atoms with Crippen molar-refractivity contribution in [1.29, 1.82) is 0 Å². The topological polar surface area (TPSA) is 52.9 Å². The Balaban J connectivity index is 2.02. The second-order valence-electron chi connectivity index (χ2n) is 3.73. The standard InChI is InChI=1S/C8H15NO3/c1-5-2-6-3-7(8(11)4-10)9(5)12-6/h5-8,10-11H,2-4H2,1H3/t5-,6+,7-,8+/m0/s1. The molecule has 2 saturated heterocycles. The van der Waals surface area contributed by atoms with Crippen LogP contribution in [0.1, 0.15) is 19.8 Å². The molecular formula is C8H15NO3. The lowest BCUT2D eigenvalue weighted by Crippen LogP contribution is -2.45. The molecule has 2 fully saturated rings. The molecule has 2 aliphatic rings. The molecule has 12 heavy (non-hydrogen) atoms. The first kappa shape index (κ1) is 8.44. The molecule has 0 amide bonds. The maximum Gasteiger partial charge on any atom is 0.0950 e. The van der Waals surface area contributed by atoms with Gasteiger partial charge in [-0.15, -0.1) is 0 Å². The number of fused-ring (bicyclic) bond motifs is 2. The maximum atomic E-state index is 9.43. The molecule has 0 aromatic heterocycles. The Labute approximate surface area is 71.7 Å². The van der Waals surface area contributed by atoms with Gasteiger partial charge in [0.2, 0.25) is 0 Å². The van der Waals surface area contributed by atoms with Crippen LogP contribution in [-0.2, 0) is 4.84 Å². The number of aliphatic hydroxyl groups is 2. The van der Waals surface area contributed by atoms with Crippen LogP contribution in [0.25, 0.3) is 0 Å². The first-order valence-electron chi connectivity index (χ1n) is 4.46. The molecule has 0 aromatic rings. The summed E-state index contributed by atoms with van der Waals surface area (Å²) in [6.45, 7) is 1.90. The molecule has 2 bridgehead atoms. The normalized spacial score (nSPS) is 48.2. The van der Waals surface area contributed by atoms with Gasteiger partial charge in [0.05, 0.1) is 24.9 Å². The van der Waals surface area contributed by atoms with E-state index in [-0.39, 0.29) is 18.8 Å². The summed E-state index contributed by atoms with van der Waals surface area (Å²) in [7, 11) is 0. The van der Waals surface area contributed by atoms with Gasteiger partial charge in [-0.1, -0.05) is 0 Å². The summed E-state index contributed by atoms with van der Waals surface area (Å²) >= 11 is 0. The number of hydrogen-bond donors (Lipinski definition) is 2. The SMILES string of the molecule is C[C@H]1C[C@@H]2C[C@@H]([C@H](O)CO)N1O2. The molecule has 0 aliphatic carbocycles. The van der Waals surface area contributed by atoms with Crippen molar-refractivity contribution in [3.05, 3.63) is 0 Å². The van der Waals surface area contributed by atoms with Crippen molar-refractivity contribution < 1.29 is 15.1 Å². The van der Waals surface area contributed by atoms with Crippen LogP contribution in [0, 0.1) is 0 Å². The molecule has 0 saturated carbocycles. The Hall–Kier alpha value is -0.160. The molecule has 70 valence electrons. The predicted molar refractivity (Wildman–Crippen MR) is 42.3 cm³/mol. The van der Waals surface area contributed by atoms with Gasteiger partial charge in [0.25, 0.3) is 0 Å². The minimum absolute atomic E-state index is 0.00347. The van der Waals surface area contributed by atoms with E-state index in [1.807, 2.05) is 5.06 Å². The third kappa shape index (κ3) is 1.15. The summed E-state index contributed by atoms with van der Waals surface area (Å²) < 4.78 is 0. The third-order valence-electron chi connectivity index (χ3n) is 2.77. The quantitative estimate of drug-likeness (QED) is 0.591. The van der Waals surface area contributed by atoms with Crippen molar-refractivity contribution in [3.8, 4) is 0 Å². The lowest BCUT2D eigenvalue weighted by molar-refractivity contribution is -0.153. The first-order chi connectivity index (χ1) is 5.72. The second kappa shape index (κ2) is 2.96. The van der Waals surface area contributed by atoms with Crippen molar-refractivity contribution >= 4 is 0 Å². The number of rotatable bonds is 2. The van der Waals surface area contributed by atoms with Crippen LogP contribution in [0.3, 0.4) is 0 Å². The number of aliphatic hydroxyl groups excluding tert-OH is 2. The highest BCUT2D eigenvalue weighted by molar-refractivity contribution is 4.92. The second-order valence-corrected chi connectivity index (χ2v) is 3.73. The molecule has 4 nitrogen and oxygen atoms in total. The van der Waals surface area contributed by atoms with Gasteiger partial charge in [0.15, 0.2) is 0 Å². The third-order valence-corrected chi connectivity index (χ3v) is 2.77. The lowest BCUT2D eigenvalue weighted by Gasteiger charge is -2.29. The summed E-state index contributed by atoms with van der Waals surface area (Å²) in [5, 5.41) is 20.0. The van der Waals surface area contributed by atoms with Crippen LogP contribution in [-0.4, -0.2) is 46.2 Å². The Kier molecular flexibility index (Phi) is 2.08. The van der Waals surface area contributed by atoms with Gasteiger partial charge >= 0.3 is 0 Å². The fourth-order valence-corrected chi connectivity index (χ4v) is 2.17. The maximum absolute atomic E-state index is 9.43. The van der Waals surface area contributed by atoms with Crippen molar-refractivity contribution in [2.45, 2.75) is 44.1 Å². The average molecular weight is 173 g/mol. The van der Waals surface area contributed by atoms with Crippen LogP contribution >= 0.6 is 0 Å². The minimum Gasteiger partial charge on any atom is -0.394 e. The molecule has 2 aliphatic heterocycles. The van der Waals surface area contributed by atoms with Gasteiger partial charge in [-0.3, -0.25) is 4.84 Å². The van der Waals surface area contributed by atoms with Crippen molar-refractivity contribution in [3.63, 3.8) is 0 Å². The van der Waals surface area contributed by atoms with E-state index >= 15 is 0 Å². The van der Waals surface area contributed by atoms with E-state index in [1.165, 1.54) is 0 Å². The highest BCUT2D eigenvalue weighted by atomic mass is 16.7. The molecule has 0 spiro atoms. The van der Waals surface area contributed by atoms with Gasteiger partial charge in [-0.05, 0) is 19.8 Å². The monoisotopic (exact) mass is 173 g/mol. The van der Waals surface area contributed by atoms with Crippen molar-refractivity contribution in [2.75, 3.05) is 6.61 Å². The van der Waals surface area contributed by atoms with Crippen LogP contribution in [0.2, 0.25) is 0 Å². The fourth-order valence-electron chi connectivity index (χ4n) is 2.17. The highest BCUT2D eigenvalue weighted by Crippen LogP contribution is 2.36. The summed E-state index contributed by atoms with van der Waals surface area (Å²) in [6.07, 6.45) is 1.52. The number of hydroxylamine groups is 2. The fraction of sp³-hybridized carbons (Fsp3) is 1.00. The van der Waals surface area contributed by atoms with Crippen molar-refractivity contribution in [2.24, 2.45) is 0 Å². The molecule has 5 atom stereocenters. The van der Waals surface area contributed by atoms with E-state index in [0.29, 0.717) is 6.04 Å². The number of piperidine rings is 1. The summed E-state index contributed by atoms with van der Waals surface area (Å²) in [5.74, 6) is 0. The van der Waals surface area contributed by atoms with Gasteiger partial charge in [-0.25, -0.2) is 0 Å². The van der Waals surface area contributed by atoms with E-state index < -0.39 is 6.10 Å². The predicted octanol–water partition coefficient (Wildman–Crippen LogP) is -0.494. The Morgan fingerprint density at radius 2 is 2.33 bits per heavy atom. The van der Waals surface area contributed by atoms with E-state index in [0.717, 1.165) is 12.8 Å². The smallest absolute Gasteiger partial charge is 0.0950 e. The summed E-state index contributed by atoms with van der Waals surface area (Å²) in [5.41, 5.74) is 0. The van der Waals surface area contributed by atoms with Crippen LogP contribution in [0.4, 0.5) is 0 Å². The molecular weight excluding hydrogens is 158 g/mol. The van der Waals surface area contributed by atoms with Gasteiger partial charge in [0.1, 0.15) is 0 Å². The zero-order valence-corrected chi connectivity index (χ0v) is 7.18. The molecule has 4 heteroatoms. The number of nitrogens with zero attached hydrogens (tertiary/aromatic N) is 1. The van der Waals surface area contributed by atoms with Gasteiger partial charge in [0, 0.05) is 6.04 Å². The Bertz CT molecular complexity index is 176. The van der Waals surface area contributed by atoms with Crippen LogP contribution in [0.15, 0.2) is 0 Å². The zero-order valence-electron chi connectivity index (χ0n) is 7.18. The number of hydrogen-bond acceptors (Lipinski definition) is 4. The van der Waals surface area contributed by atoms with E-state index in [2.05, 4.69) is 6.92 Å². The van der Waals surface area contributed by atoms with Gasteiger partial charge < -0.3 is 10.2 Å². The summed E-state index contributed by atoms with van der Waals surface area (Å²) in [6, 6.07) is 0.388. The molecule has 2 rings (SSSR count). The average Bonchev–Trinajstić information content (AvgIpc) is 2.60. The Morgan fingerprint density at radius 3 is 2.83 bits per heavy atom. The minimum atomic E-state index is -0.655. The zero-order chi connectivity index (χ0) is 8.72. The molecule has 2 N–H and O–H groups in total. The molecule has 0 radical (unpaired) electrons. The molecule has 2 heterocycles. The van der Waals surface area contributed by atoms with Crippen molar-refractivity contribution in [1.82, 2.24) is 5.06 Å². The van der Waals surface area contributed by atoms with Crippen LogP contribution in [0.5, 0.6) is 0 Å². The van der Waals surface area contributed by atoms with Crippen LogP contribution < -0.4 is 0 Å². The van der Waals surface area contributed by atoms with Gasteiger partial charge in [-0.2, -0.15) is 5.06 Å². The van der Waals surface area contributed by atoms with E-state index in [4.69, 9.17) is 9.94 Å². The van der Waals surface area contributed by atoms with E-state index in [9.17, 15) is 5.11 Å². The largest absolute Gasteiger partial charge is 0.394 e. The first-order valence-corrected chi connectivity index (χ1v) is 4.46. The molecule has 0 aromatic carbocycles. The Morgan fingerprint density at radius 1 is 1.58 bits per heavy atom. The summed E-state index contributed by atoms with van der Waals surface area (Å²) in [4.78, 5) is 5.48. The lowest BCUT2D eigenvalue weighted by atomic mass is 9.95. The highest BCUT2D eigenvalue weighted by Gasteiger charge is 2.46. The van der Waals surface area contributed by atoms with E-state index in [1.54, 1.807) is 0 Å².